The number of halogens is 1. The fourth-order valence-electron chi connectivity index (χ4n) is 1.47. The number of nitrogens with one attached hydrogen (secondary N) is 1. The Hall–Kier alpha value is -0.770. The standard InChI is InChI=1S/C14H22ClNO2/c1-14(2,3)18-8-7-17-13-6-5-11(10-16-4)9-12(13)15/h5-6,9,16H,7-8,10H2,1-4H3. The number of benzene rings is 1. The Morgan fingerprint density at radius 3 is 2.50 bits per heavy atom. The Morgan fingerprint density at radius 2 is 1.94 bits per heavy atom. The van der Waals surface area contributed by atoms with Crippen LogP contribution in [0.3, 0.4) is 0 Å². The molecule has 0 atom stereocenters. The van der Waals surface area contributed by atoms with Crippen molar-refractivity contribution in [3.05, 3.63) is 28.8 Å². The zero-order chi connectivity index (χ0) is 13.6. The van der Waals surface area contributed by atoms with Crippen molar-refractivity contribution in [2.45, 2.75) is 32.9 Å². The van der Waals surface area contributed by atoms with E-state index in [1.807, 2.05) is 46.0 Å². The molecular formula is C14H22ClNO2. The molecule has 1 rings (SSSR count). The summed E-state index contributed by atoms with van der Waals surface area (Å²) in [4.78, 5) is 0. The third-order valence-corrected chi connectivity index (χ3v) is 2.55. The van der Waals surface area contributed by atoms with E-state index in [2.05, 4.69) is 5.32 Å². The highest BCUT2D eigenvalue weighted by Gasteiger charge is 2.09. The zero-order valence-electron chi connectivity index (χ0n) is 11.5. The van der Waals surface area contributed by atoms with Gasteiger partial charge in [0.2, 0.25) is 0 Å². The highest BCUT2D eigenvalue weighted by Crippen LogP contribution is 2.25. The van der Waals surface area contributed by atoms with Crippen molar-refractivity contribution in [2.24, 2.45) is 0 Å². The Balaban J connectivity index is 2.43. The molecule has 0 aliphatic carbocycles. The average Bonchev–Trinajstić information content (AvgIpc) is 2.26. The molecule has 0 heterocycles. The van der Waals surface area contributed by atoms with Crippen LogP contribution in [0.2, 0.25) is 5.02 Å². The summed E-state index contributed by atoms with van der Waals surface area (Å²) in [6.45, 7) is 7.92. The van der Waals surface area contributed by atoms with Crippen LogP contribution in [0.4, 0.5) is 0 Å². The quantitative estimate of drug-likeness (QED) is 0.806. The fourth-order valence-corrected chi connectivity index (χ4v) is 1.73. The lowest BCUT2D eigenvalue weighted by molar-refractivity contribution is -0.0162. The number of hydrogen-bond acceptors (Lipinski definition) is 3. The predicted molar refractivity (Wildman–Crippen MR) is 75.4 cm³/mol. The first-order valence-corrected chi connectivity index (χ1v) is 6.50. The summed E-state index contributed by atoms with van der Waals surface area (Å²) in [5.74, 6) is 0.703. The van der Waals surface area contributed by atoms with Gasteiger partial charge in [0.1, 0.15) is 12.4 Å². The van der Waals surface area contributed by atoms with E-state index in [1.165, 1.54) is 0 Å². The highest BCUT2D eigenvalue weighted by molar-refractivity contribution is 6.32. The summed E-state index contributed by atoms with van der Waals surface area (Å²) >= 11 is 6.14. The van der Waals surface area contributed by atoms with Gasteiger partial charge in [-0.1, -0.05) is 17.7 Å². The SMILES string of the molecule is CNCc1ccc(OCCOC(C)(C)C)c(Cl)c1. The van der Waals surface area contributed by atoms with E-state index < -0.39 is 0 Å². The van der Waals surface area contributed by atoms with E-state index in [0.29, 0.717) is 24.0 Å². The van der Waals surface area contributed by atoms with Gasteiger partial charge >= 0.3 is 0 Å². The second-order valence-corrected chi connectivity index (χ2v) is 5.51. The second-order valence-electron chi connectivity index (χ2n) is 5.10. The molecule has 0 radical (unpaired) electrons. The highest BCUT2D eigenvalue weighted by atomic mass is 35.5. The molecule has 0 spiro atoms. The Labute approximate surface area is 114 Å². The number of hydrogen-bond donors (Lipinski definition) is 1. The predicted octanol–water partition coefficient (Wildman–Crippen LogP) is 3.25. The van der Waals surface area contributed by atoms with Crippen LogP contribution in [-0.4, -0.2) is 25.9 Å². The molecule has 1 N–H and O–H groups in total. The minimum Gasteiger partial charge on any atom is -0.490 e. The van der Waals surface area contributed by atoms with Crippen molar-refractivity contribution in [1.29, 1.82) is 0 Å². The van der Waals surface area contributed by atoms with E-state index in [1.54, 1.807) is 0 Å². The van der Waals surface area contributed by atoms with Crippen molar-refractivity contribution in [3.63, 3.8) is 0 Å². The molecule has 4 heteroatoms. The first-order chi connectivity index (χ1) is 8.42. The van der Waals surface area contributed by atoms with Gasteiger partial charge in [0, 0.05) is 6.54 Å². The summed E-state index contributed by atoms with van der Waals surface area (Å²) in [6.07, 6.45) is 0. The Kier molecular flexibility index (Phi) is 5.93. The van der Waals surface area contributed by atoms with Crippen LogP contribution in [0, 0.1) is 0 Å². The molecular weight excluding hydrogens is 250 g/mol. The van der Waals surface area contributed by atoms with Crippen LogP contribution in [0.1, 0.15) is 26.3 Å². The zero-order valence-corrected chi connectivity index (χ0v) is 12.3. The third kappa shape index (κ3) is 5.71. The summed E-state index contributed by atoms with van der Waals surface area (Å²) in [7, 11) is 1.90. The molecule has 0 unspecified atom stereocenters. The molecule has 1 aromatic rings. The molecule has 18 heavy (non-hydrogen) atoms. The lowest BCUT2D eigenvalue weighted by Gasteiger charge is -2.19. The topological polar surface area (TPSA) is 30.5 Å². The molecule has 0 amide bonds. The van der Waals surface area contributed by atoms with E-state index in [-0.39, 0.29) is 5.60 Å². The van der Waals surface area contributed by atoms with Gasteiger partial charge in [-0.3, -0.25) is 0 Å². The van der Waals surface area contributed by atoms with Crippen LogP contribution in [0.25, 0.3) is 0 Å². The van der Waals surface area contributed by atoms with Crippen molar-refractivity contribution in [1.82, 2.24) is 5.32 Å². The Bertz CT molecular complexity index is 375. The lowest BCUT2D eigenvalue weighted by atomic mass is 10.2. The molecule has 0 fully saturated rings. The summed E-state index contributed by atoms with van der Waals surface area (Å²) in [5, 5.41) is 3.72. The maximum Gasteiger partial charge on any atom is 0.138 e. The minimum absolute atomic E-state index is 0.135. The summed E-state index contributed by atoms with van der Waals surface area (Å²) in [6, 6.07) is 5.81. The van der Waals surface area contributed by atoms with Gasteiger partial charge in [-0.05, 0) is 45.5 Å². The number of rotatable bonds is 6. The van der Waals surface area contributed by atoms with Crippen LogP contribution in [0.15, 0.2) is 18.2 Å². The lowest BCUT2D eigenvalue weighted by Crippen LogP contribution is -2.22. The molecule has 102 valence electrons. The van der Waals surface area contributed by atoms with E-state index in [9.17, 15) is 0 Å². The van der Waals surface area contributed by atoms with Gasteiger partial charge in [0.15, 0.2) is 0 Å². The van der Waals surface area contributed by atoms with Gasteiger partial charge < -0.3 is 14.8 Å². The molecule has 0 saturated heterocycles. The Morgan fingerprint density at radius 1 is 1.22 bits per heavy atom. The number of ether oxygens (including phenoxy) is 2. The largest absolute Gasteiger partial charge is 0.490 e. The summed E-state index contributed by atoms with van der Waals surface area (Å²) < 4.78 is 11.2. The van der Waals surface area contributed by atoms with Gasteiger partial charge in [-0.25, -0.2) is 0 Å². The van der Waals surface area contributed by atoms with Gasteiger partial charge in [0.25, 0.3) is 0 Å². The smallest absolute Gasteiger partial charge is 0.138 e. The van der Waals surface area contributed by atoms with E-state index >= 15 is 0 Å². The van der Waals surface area contributed by atoms with Crippen LogP contribution >= 0.6 is 11.6 Å². The van der Waals surface area contributed by atoms with Crippen molar-refractivity contribution < 1.29 is 9.47 Å². The van der Waals surface area contributed by atoms with Crippen LogP contribution in [0.5, 0.6) is 5.75 Å². The normalized spacial score (nSPS) is 11.6. The second kappa shape index (κ2) is 6.98. The van der Waals surface area contributed by atoms with Gasteiger partial charge in [-0.15, -0.1) is 0 Å². The summed E-state index contributed by atoms with van der Waals surface area (Å²) in [5.41, 5.74) is 1.00. The maximum absolute atomic E-state index is 6.14. The first kappa shape index (κ1) is 15.3. The maximum atomic E-state index is 6.14. The van der Waals surface area contributed by atoms with Crippen molar-refractivity contribution in [2.75, 3.05) is 20.3 Å². The van der Waals surface area contributed by atoms with E-state index in [4.69, 9.17) is 21.1 Å². The molecule has 3 nitrogen and oxygen atoms in total. The van der Waals surface area contributed by atoms with Gasteiger partial charge in [0.05, 0.1) is 17.2 Å². The van der Waals surface area contributed by atoms with E-state index in [0.717, 1.165) is 12.1 Å². The van der Waals surface area contributed by atoms with Crippen molar-refractivity contribution in [3.8, 4) is 5.75 Å². The molecule has 0 aromatic heterocycles. The monoisotopic (exact) mass is 271 g/mol. The molecule has 0 aliphatic heterocycles. The molecule has 0 bridgehead atoms. The molecule has 0 aliphatic rings. The average molecular weight is 272 g/mol. The fraction of sp³-hybridized carbons (Fsp3) is 0.571. The van der Waals surface area contributed by atoms with Crippen LogP contribution in [-0.2, 0) is 11.3 Å². The molecule has 1 aromatic carbocycles. The van der Waals surface area contributed by atoms with Crippen LogP contribution < -0.4 is 10.1 Å². The van der Waals surface area contributed by atoms with Crippen molar-refractivity contribution >= 4 is 11.6 Å². The third-order valence-electron chi connectivity index (χ3n) is 2.25. The van der Waals surface area contributed by atoms with Gasteiger partial charge in [-0.2, -0.15) is 0 Å². The first-order valence-electron chi connectivity index (χ1n) is 6.12. The molecule has 0 saturated carbocycles. The minimum atomic E-state index is -0.135.